The van der Waals surface area contributed by atoms with Gasteiger partial charge < -0.3 is 10.4 Å². The predicted molar refractivity (Wildman–Crippen MR) is 88.5 cm³/mol. The van der Waals surface area contributed by atoms with Crippen molar-refractivity contribution >= 4 is 5.82 Å². The largest absolute Gasteiger partial charge is 0.393 e. The van der Waals surface area contributed by atoms with Crippen molar-refractivity contribution in [1.82, 2.24) is 9.88 Å². The van der Waals surface area contributed by atoms with E-state index in [-0.39, 0.29) is 11.9 Å². The van der Waals surface area contributed by atoms with Crippen molar-refractivity contribution in [1.29, 1.82) is 0 Å². The number of nitrogens with zero attached hydrogens (tertiary/aromatic N) is 2. The van der Waals surface area contributed by atoms with Crippen molar-refractivity contribution in [3.05, 3.63) is 59.5 Å². The number of halogens is 1. The van der Waals surface area contributed by atoms with E-state index in [2.05, 4.69) is 39.5 Å². The van der Waals surface area contributed by atoms with Gasteiger partial charge in [-0.3, -0.25) is 4.90 Å². The first kappa shape index (κ1) is 15.9. The smallest absolute Gasteiger partial charge is 0.141 e. The van der Waals surface area contributed by atoms with Crippen molar-refractivity contribution in [3.8, 4) is 0 Å². The van der Waals surface area contributed by atoms with E-state index in [0.717, 1.165) is 38.0 Å². The normalized spacial score (nSPS) is 16.4. The molecule has 0 saturated carbocycles. The first-order valence-electron chi connectivity index (χ1n) is 8.03. The molecule has 3 rings (SSSR count). The average Bonchev–Trinajstić information content (AvgIpc) is 2.58. The third-order valence-electron chi connectivity index (χ3n) is 4.19. The molecule has 0 radical (unpaired) electrons. The van der Waals surface area contributed by atoms with Crippen LogP contribution < -0.4 is 5.32 Å². The number of piperidine rings is 1. The second-order valence-electron chi connectivity index (χ2n) is 6.04. The molecule has 0 atom stereocenters. The highest BCUT2D eigenvalue weighted by Gasteiger charge is 2.16. The number of aliphatic hydroxyl groups is 1. The van der Waals surface area contributed by atoms with Gasteiger partial charge in [0.2, 0.25) is 0 Å². The molecule has 5 heteroatoms. The van der Waals surface area contributed by atoms with Gasteiger partial charge >= 0.3 is 0 Å². The van der Waals surface area contributed by atoms with E-state index in [4.69, 9.17) is 0 Å². The SMILES string of the molecule is OC1CCN(Cc2ccc(CNc3ccc(F)cn3)cc2)CC1. The molecule has 2 aromatic rings. The van der Waals surface area contributed by atoms with Crippen LogP contribution >= 0.6 is 0 Å². The molecule has 122 valence electrons. The van der Waals surface area contributed by atoms with Gasteiger partial charge in [-0.1, -0.05) is 24.3 Å². The fraction of sp³-hybridized carbons (Fsp3) is 0.389. The minimum atomic E-state index is -0.329. The highest BCUT2D eigenvalue weighted by atomic mass is 19.1. The minimum absolute atomic E-state index is 0.125. The van der Waals surface area contributed by atoms with E-state index in [1.54, 1.807) is 6.07 Å². The standard InChI is InChI=1S/C18H22FN3O/c19-16-5-6-18(21-12-16)20-11-14-1-3-15(4-2-14)13-22-9-7-17(23)8-10-22/h1-6,12,17,23H,7-11,13H2,(H,20,21). The maximum absolute atomic E-state index is 12.8. The number of aliphatic hydroxyl groups excluding tert-OH is 1. The van der Waals surface area contributed by atoms with E-state index in [0.29, 0.717) is 12.4 Å². The summed E-state index contributed by atoms with van der Waals surface area (Å²) in [5.41, 5.74) is 2.44. The van der Waals surface area contributed by atoms with Crippen LogP contribution in [0, 0.1) is 5.82 Å². The van der Waals surface area contributed by atoms with E-state index in [9.17, 15) is 9.50 Å². The number of hydrogen-bond donors (Lipinski definition) is 2. The van der Waals surface area contributed by atoms with Crippen molar-refractivity contribution in [3.63, 3.8) is 0 Å². The van der Waals surface area contributed by atoms with Crippen LogP contribution in [0.4, 0.5) is 10.2 Å². The predicted octanol–water partition coefficient (Wildman–Crippen LogP) is 2.79. The summed E-state index contributed by atoms with van der Waals surface area (Å²) in [7, 11) is 0. The molecule has 0 spiro atoms. The van der Waals surface area contributed by atoms with Crippen molar-refractivity contribution in [2.24, 2.45) is 0 Å². The molecule has 1 fully saturated rings. The van der Waals surface area contributed by atoms with Crippen LogP contribution in [0.3, 0.4) is 0 Å². The molecular weight excluding hydrogens is 293 g/mol. The molecule has 0 bridgehead atoms. The molecule has 1 aliphatic rings. The van der Waals surface area contributed by atoms with Crippen LogP contribution in [-0.4, -0.2) is 34.2 Å². The number of likely N-dealkylation sites (tertiary alicyclic amines) is 1. The van der Waals surface area contributed by atoms with Gasteiger partial charge in [0.05, 0.1) is 12.3 Å². The van der Waals surface area contributed by atoms with Gasteiger partial charge in [-0.25, -0.2) is 9.37 Å². The van der Waals surface area contributed by atoms with Gasteiger partial charge in [-0.15, -0.1) is 0 Å². The Hall–Kier alpha value is -1.98. The summed E-state index contributed by atoms with van der Waals surface area (Å²) >= 11 is 0. The molecule has 0 aliphatic carbocycles. The second kappa shape index (κ2) is 7.53. The van der Waals surface area contributed by atoms with Crippen molar-refractivity contribution in [2.45, 2.75) is 32.0 Å². The monoisotopic (exact) mass is 315 g/mol. The summed E-state index contributed by atoms with van der Waals surface area (Å²) in [6, 6.07) is 11.5. The summed E-state index contributed by atoms with van der Waals surface area (Å²) in [5.74, 6) is 0.340. The lowest BCUT2D eigenvalue weighted by molar-refractivity contribution is 0.0792. The van der Waals surface area contributed by atoms with Gasteiger partial charge in [0.25, 0.3) is 0 Å². The Kier molecular flexibility index (Phi) is 5.20. The molecule has 4 nitrogen and oxygen atoms in total. The number of nitrogens with one attached hydrogen (secondary N) is 1. The van der Waals surface area contributed by atoms with E-state index in [1.807, 2.05) is 0 Å². The third-order valence-corrected chi connectivity index (χ3v) is 4.19. The lowest BCUT2D eigenvalue weighted by Crippen LogP contribution is -2.35. The molecule has 0 unspecified atom stereocenters. The average molecular weight is 315 g/mol. The highest BCUT2D eigenvalue weighted by Crippen LogP contribution is 2.15. The lowest BCUT2D eigenvalue weighted by atomic mass is 10.1. The van der Waals surface area contributed by atoms with Crippen LogP contribution in [-0.2, 0) is 13.1 Å². The fourth-order valence-electron chi connectivity index (χ4n) is 2.77. The molecule has 1 aliphatic heterocycles. The third kappa shape index (κ3) is 4.74. The van der Waals surface area contributed by atoms with Gasteiger partial charge in [0.1, 0.15) is 11.6 Å². The van der Waals surface area contributed by atoms with Crippen molar-refractivity contribution in [2.75, 3.05) is 18.4 Å². The van der Waals surface area contributed by atoms with Gasteiger partial charge in [-0.2, -0.15) is 0 Å². The van der Waals surface area contributed by atoms with Crippen LogP contribution in [0.5, 0.6) is 0 Å². The van der Waals surface area contributed by atoms with Crippen LogP contribution in [0.25, 0.3) is 0 Å². The lowest BCUT2D eigenvalue weighted by Gasteiger charge is -2.29. The maximum Gasteiger partial charge on any atom is 0.141 e. The van der Waals surface area contributed by atoms with Crippen LogP contribution in [0.15, 0.2) is 42.6 Å². The molecule has 1 aromatic carbocycles. The zero-order valence-electron chi connectivity index (χ0n) is 13.1. The van der Waals surface area contributed by atoms with Gasteiger partial charge in [0.15, 0.2) is 0 Å². The number of aromatic nitrogens is 1. The Morgan fingerprint density at radius 2 is 1.78 bits per heavy atom. The molecule has 2 N–H and O–H groups in total. The first-order valence-corrected chi connectivity index (χ1v) is 8.03. The summed E-state index contributed by atoms with van der Waals surface area (Å²) in [6.07, 6.45) is 2.82. The minimum Gasteiger partial charge on any atom is -0.393 e. The first-order chi connectivity index (χ1) is 11.2. The Morgan fingerprint density at radius 1 is 1.09 bits per heavy atom. The Morgan fingerprint density at radius 3 is 2.43 bits per heavy atom. The number of anilines is 1. The highest BCUT2D eigenvalue weighted by molar-refractivity contribution is 5.35. The topological polar surface area (TPSA) is 48.4 Å². The van der Waals surface area contributed by atoms with E-state index < -0.39 is 0 Å². The Bertz CT molecular complexity index is 607. The van der Waals surface area contributed by atoms with E-state index in [1.165, 1.54) is 17.8 Å². The summed E-state index contributed by atoms with van der Waals surface area (Å²) in [4.78, 5) is 6.36. The molecular formula is C18H22FN3O. The molecule has 2 heterocycles. The van der Waals surface area contributed by atoms with Crippen molar-refractivity contribution < 1.29 is 9.50 Å². The molecule has 23 heavy (non-hydrogen) atoms. The van der Waals surface area contributed by atoms with Gasteiger partial charge in [-0.05, 0) is 36.1 Å². The summed E-state index contributed by atoms with van der Waals surface area (Å²) in [6.45, 7) is 3.51. The van der Waals surface area contributed by atoms with Crippen LogP contribution in [0.1, 0.15) is 24.0 Å². The summed E-state index contributed by atoms with van der Waals surface area (Å²) < 4.78 is 12.8. The van der Waals surface area contributed by atoms with Gasteiger partial charge in [0, 0.05) is 26.2 Å². The molecule has 1 aromatic heterocycles. The van der Waals surface area contributed by atoms with Crippen LogP contribution in [0.2, 0.25) is 0 Å². The number of pyridine rings is 1. The number of rotatable bonds is 5. The maximum atomic E-state index is 12.8. The second-order valence-corrected chi connectivity index (χ2v) is 6.04. The molecule has 1 saturated heterocycles. The fourth-order valence-corrected chi connectivity index (χ4v) is 2.77. The summed E-state index contributed by atoms with van der Waals surface area (Å²) in [5, 5.41) is 12.7. The molecule has 0 amide bonds. The van der Waals surface area contributed by atoms with E-state index >= 15 is 0 Å². The number of benzene rings is 1. The Balaban J connectivity index is 1.49. The zero-order chi connectivity index (χ0) is 16.1. The Labute approximate surface area is 136 Å². The zero-order valence-corrected chi connectivity index (χ0v) is 13.1. The number of hydrogen-bond acceptors (Lipinski definition) is 4. The quantitative estimate of drug-likeness (QED) is 0.891.